The maximum Gasteiger partial charge on any atom is 0.387 e. The van der Waals surface area contributed by atoms with Gasteiger partial charge < -0.3 is 10.1 Å². The molecule has 1 amide bonds. The highest BCUT2D eigenvalue weighted by Crippen LogP contribution is 2.28. The molecule has 0 fully saturated rings. The van der Waals surface area contributed by atoms with Crippen LogP contribution in [0.3, 0.4) is 0 Å². The van der Waals surface area contributed by atoms with E-state index < -0.39 is 6.61 Å². The summed E-state index contributed by atoms with van der Waals surface area (Å²) in [6.45, 7) is 2.88. The topological polar surface area (TPSA) is 56.2 Å². The number of aryl methyl sites for hydroxylation is 2. The van der Waals surface area contributed by atoms with Crippen molar-refractivity contribution in [3.63, 3.8) is 0 Å². The summed E-state index contributed by atoms with van der Waals surface area (Å²) < 4.78 is 31.6. The molecule has 1 aromatic carbocycles. The van der Waals surface area contributed by atoms with E-state index in [0.717, 1.165) is 17.0 Å². The summed E-state index contributed by atoms with van der Waals surface area (Å²) in [6.07, 6.45) is 1.46. The van der Waals surface area contributed by atoms with Gasteiger partial charge in [-0.2, -0.15) is 13.9 Å². The smallest absolute Gasteiger partial charge is 0.387 e. The van der Waals surface area contributed by atoms with Crippen molar-refractivity contribution in [1.29, 1.82) is 0 Å². The second kappa shape index (κ2) is 8.78. The molecule has 0 aliphatic carbocycles. The second-order valence-electron chi connectivity index (χ2n) is 6.22. The predicted molar refractivity (Wildman–Crippen MR) is 95.3 cm³/mol. The molecular weight excluding hydrogens is 340 g/mol. The quantitative estimate of drug-likeness (QED) is 0.773. The number of amides is 1. The first-order valence-corrected chi connectivity index (χ1v) is 8.65. The zero-order valence-electron chi connectivity index (χ0n) is 15.6. The van der Waals surface area contributed by atoms with Gasteiger partial charge in [-0.1, -0.05) is 25.1 Å². The van der Waals surface area contributed by atoms with Crippen molar-refractivity contribution in [3.8, 4) is 5.75 Å². The summed E-state index contributed by atoms with van der Waals surface area (Å²) in [6, 6.07) is 6.17. The van der Waals surface area contributed by atoms with Gasteiger partial charge in [0.1, 0.15) is 5.75 Å². The predicted octanol–water partition coefficient (Wildman–Crippen LogP) is 3.84. The van der Waals surface area contributed by atoms with Crippen molar-refractivity contribution in [2.45, 2.75) is 52.7 Å². The molecule has 1 aromatic heterocycles. The van der Waals surface area contributed by atoms with E-state index in [2.05, 4.69) is 15.2 Å². The van der Waals surface area contributed by atoms with Gasteiger partial charge in [0.25, 0.3) is 0 Å². The monoisotopic (exact) mass is 365 g/mol. The fourth-order valence-electron chi connectivity index (χ4n) is 3.06. The molecule has 142 valence electrons. The number of aromatic nitrogens is 2. The van der Waals surface area contributed by atoms with E-state index in [-0.39, 0.29) is 17.7 Å². The average Bonchev–Trinajstić information content (AvgIpc) is 2.83. The number of hydrogen-bond donors (Lipinski definition) is 1. The molecule has 1 heterocycles. The van der Waals surface area contributed by atoms with Gasteiger partial charge in [0.15, 0.2) is 0 Å². The fraction of sp³-hybridized carbons (Fsp3) is 0.474. The van der Waals surface area contributed by atoms with E-state index in [1.165, 1.54) is 6.07 Å². The summed E-state index contributed by atoms with van der Waals surface area (Å²) in [5, 5.41) is 7.27. The molecule has 1 N–H and O–H groups in total. The van der Waals surface area contributed by atoms with Crippen molar-refractivity contribution >= 4 is 5.91 Å². The molecule has 0 spiro atoms. The Morgan fingerprint density at radius 1 is 1.31 bits per heavy atom. The van der Waals surface area contributed by atoms with Gasteiger partial charge >= 0.3 is 6.61 Å². The third-order valence-electron chi connectivity index (χ3n) is 4.51. The lowest BCUT2D eigenvalue weighted by Crippen LogP contribution is -2.29. The van der Waals surface area contributed by atoms with Crippen LogP contribution in [-0.4, -0.2) is 22.3 Å². The van der Waals surface area contributed by atoms with Crippen molar-refractivity contribution in [2.24, 2.45) is 7.05 Å². The molecule has 2 rings (SSSR count). The standard InChI is InChI=1S/C19H25F2N3O2/c1-5-16(15-8-6-7-9-17(15)26-19(20)21)22-18(25)11-10-14-12(2)23-24(4)13(14)3/h6-9,16,19H,5,10-11H2,1-4H3,(H,22,25). The lowest BCUT2D eigenvalue weighted by Gasteiger charge is -2.20. The van der Waals surface area contributed by atoms with Crippen LogP contribution in [0.25, 0.3) is 0 Å². The Hall–Kier alpha value is -2.44. The van der Waals surface area contributed by atoms with Gasteiger partial charge in [0, 0.05) is 24.7 Å². The zero-order chi connectivity index (χ0) is 19.3. The Balaban J connectivity index is 2.05. The van der Waals surface area contributed by atoms with E-state index in [0.29, 0.717) is 24.8 Å². The van der Waals surface area contributed by atoms with Crippen LogP contribution in [0, 0.1) is 13.8 Å². The first-order valence-electron chi connectivity index (χ1n) is 8.65. The Morgan fingerprint density at radius 2 is 2.00 bits per heavy atom. The molecule has 7 heteroatoms. The third-order valence-corrected chi connectivity index (χ3v) is 4.51. The van der Waals surface area contributed by atoms with Crippen LogP contribution >= 0.6 is 0 Å². The van der Waals surface area contributed by atoms with Gasteiger partial charge in [-0.15, -0.1) is 0 Å². The number of nitrogens with one attached hydrogen (secondary N) is 1. The van der Waals surface area contributed by atoms with E-state index in [1.807, 2.05) is 27.8 Å². The van der Waals surface area contributed by atoms with E-state index in [4.69, 9.17) is 0 Å². The molecule has 0 radical (unpaired) electrons. The number of ether oxygens (including phenoxy) is 1. The minimum Gasteiger partial charge on any atom is -0.434 e. The second-order valence-corrected chi connectivity index (χ2v) is 6.22. The molecule has 0 saturated heterocycles. The SMILES string of the molecule is CCC(NC(=O)CCc1c(C)nn(C)c1C)c1ccccc1OC(F)F. The molecule has 1 atom stereocenters. The molecule has 1 unspecified atom stereocenters. The highest BCUT2D eigenvalue weighted by atomic mass is 19.3. The molecular formula is C19H25F2N3O2. The highest BCUT2D eigenvalue weighted by molar-refractivity contribution is 5.77. The normalized spacial score (nSPS) is 12.3. The van der Waals surface area contributed by atoms with E-state index in [9.17, 15) is 13.6 Å². The number of hydrogen-bond acceptors (Lipinski definition) is 3. The number of carbonyl (C=O) groups is 1. The number of benzene rings is 1. The van der Waals surface area contributed by atoms with Crippen LogP contribution in [0.5, 0.6) is 5.75 Å². The van der Waals surface area contributed by atoms with Crippen LogP contribution in [0.4, 0.5) is 8.78 Å². The number of rotatable bonds is 8. The van der Waals surface area contributed by atoms with Gasteiger partial charge in [-0.25, -0.2) is 0 Å². The Morgan fingerprint density at radius 3 is 2.58 bits per heavy atom. The largest absolute Gasteiger partial charge is 0.434 e. The van der Waals surface area contributed by atoms with Crippen molar-refractivity contribution < 1.29 is 18.3 Å². The fourth-order valence-corrected chi connectivity index (χ4v) is 3.06. The number of nitrogens with zero attached hydrogens (tertiary/aromatic N) is 2. The molecule has 5 nitrogen and oxygen atoms in total. The minimum absolute atomic E-state index is 0.0913. The summed E-state index contributed by atoms with van der Waals surface area (Å²) >= 11 is 0. The molecule has 0 bridgehead atoms. The first kappa shape index (κ1) is 19.9. The number of para-hydroxylation sites is 1. The van der Waals surface area contributed by atoms with E-state index >= 15 is 0 Å². The number of halogens is 2. The molecule has 2 aromatic rings. The van der Waals surface area contributed by atoms with Crippen LogP contribution in [0.2, 0.25) is 0 Å². The molecule has 26 heavy (non-hydrogen) atoms. The van der Waals surface area contributed by atoms with Crippen LogP contribution in [0.1, 0.15) is 48.3 Å². The third kappa shape index (κ3) is 4.80. The van der Waals surface area contributed by atoms with Gasteiger partial charge in [0.2, 0.25) is 5.91 Å². The van der Waals surface area contributed by atoms with Crippen molar-refractivity contribution in [3.05, 3.63) is 46.8 Å². The summed E-state index contributed by atoms with van der Waals surface area (Å²) in [5.74, 6) is -0.0417. The van der Waals surface area contributed by atoms with Gasteiger partial charge in [-0.05, 0) is 38.3 Å². The Bertz CT molecular complexity index is 759. The molecule has 0 saturated carbocycles. The van der Waals surface area contributed by atoms with Crippen LogP contribution in [0.15, 0.2) is 24.3 Å². The first-order chi connectivity index (χ1) is 12.3. The minimum atomic E-state index is -2.90. The summed E-state index contributed by atoms with van der Waals surface area (Å²) in [4.78, 5) is 12.4. The number of alkyl halides is 2. The zero-order valence-corrected chi connectivity index (χ0v) is 15.6. The molecule has 0 aliphatic heterocycles. The van der Waals surface area contributed by atoms with Gasteiger partial charge in [-0.3, -0.25) is 9.48 Å². The Labute approximate surface area is 152 Å². The maximum atomic E-state index is 12.6. The maximum absolute atomic E-state index is 12.6. The Kier molecular flexibility index (Phi) is 6.71. The van der Waals surface area contributed by atoms with Crippen molar-refractivity contribution in [2.75, 3.05) is 0 Å². The van der Waals surface area contributed by atoms with Crippen molar-refractivity contribution in [1.82, 2.24) is 15.1 Å². The average molecular weight is 365 g/mol. The van der Waals surface area contributed by atoms with E-state index in [1.54, 1.807) is 22.9 Å². The number of carbonyl (C=O) groups excluding carboxylic acids is 1. The lowest BCUT2D eigenvalue weighted by atomic mass is 10.0. The van der Waals surface area contributed by atoms with Gasteiger partial charge in [0.05, 0.1) is 11.7 Å². The summed E-state index contributed by atoms with van der Waals surface area (Å²) in [5.41, 5.74) is 3.58. The molecule has 0 aliphatic rings. The lowest BCUT2D eigenvalue weighted by molar-refractivity contribution is -0.121. The summed E-state index contributed by atoms with van der Waals surface area (Å²) in [7, 11) is 1.87. The van der Waals surface area contributed by atoms with Crippen LogP contribution < -0.4 is 10.1 Å². The van der Waals surface area contributed by atoms with Crippen LogP contribution in [-0.2, 0) is 18.3 Å². The highest BCUT2D eigenvalue weighted by Gasteiger charge is 2.19.